The highest BCUT2D eigenvalue weighted by atomic mass is 16.2. The summed E-state index contributed by atoms with van der Waals surface area (Å²) >= 11 is 0. The van der Waals surface area contributed by atoms with Crippen LogP contribution in [0, 0.1) is 0 Å². The average molecular weight is 419 g/mol. The molecule has 2 aliphatic rings. The zero-order valence-corrected chi connectivity index (χ0v) is 17.3. The van der Waals surface area contributed by atoms with Crippen LogP contribution in [0.1, 0.15) is 40.9 Å². The first-order valence-corrected chi connectivity index (χ1v) is 10.8. The molecule has 1 aliphatic heterocycles. The van der Waals surface area contributed by atoms with Crippen LogP contribution in [0.4, 0.5) is 0 Å². The van der Waals surface area contributed by atoms with Crippen molar-refractivity contribution in [3.63, 3.8) is 0 Å². The zero-order valence-electron chi connectivity index (χ0n) is 17.3. The molecule has 3 heterocycles. The van der Waals surface area contributed by atoms with Gasteiger partial charge in [-0.3, -0.25) is 14.4 Å². The van der Waals surface area contributed by atoms with E-state index < -0.39 is 0 Å². The molecule has 1 aliphatic carbocycles. The number of carbonyl (C=O) groups excluding carboxylic acids is 3. The molecule has 1 N–H and O–H groups in total. The SMILES string of the molecule is O=Cn1cc2c(n1)CCC(NC(=O)c1cccc3c1ccn3CCN1CCCC1=O)C2. The highest BCUT2D eigenvalue weighted by Crippen LogP contribution is 2.23. The van der Waals surface area contributed by atoms with Gasteiger partial charge in [-0.25, -0.2) is 4.68 Å². The molecule has 0 saturated carbocycles. The summed E-state index contributed by atoms with van der Waals surface area (Å²) < 4.78 is 3.41. The van der Waals surface area contributed by atoms with Crippen LogP contribution >= 0.6 is 0 Å². The Morgan fingerprint density at radius 3 is 2.94 bits per heavy atom. The van der Waals surface area contributed by atoms with Gasteiger partial charge in [0, 0.05) is 61.0 Å². The molecule has 160 valence electrons. The van der Waals surface area contributed by atoms with E-state index >= 15 is 0 Å². The fourth-order valence-electron chi connectivity index (χ4n) is 4.75. The van der Waals surface area contributed by atoms with E-state index in [9.17, 15) is 14.4 Å². The highest BCUT2D eigenvalue weighted by molar-refractivity contribution is 6.06. The lowest BCUT2D eigenvalue weighted by Gasteiger charge is -2.22. The third-order valence-corrected chi connectivity index (χ3v) is 6.37. The normalized spacial score (nSPS) is 18.4. The molecular formula is C23H25N5O3. The molecule has 3 aromatic rings. The maximum absolute atomic E-state index is 13.1. The van der Waals surface area contributed by atoms with Gasteiger partial charge in [0.25, 0.3) is 5.91 Å². The number of nitrogens with one attached hydrogen (secondary N) is 1. The second-order valence-electron chi connectivity index (χ2n) is 8.33. The zero-order chi connectivity index (χ0) is 21.4. The van der Waals surface area contributed by atoms with Crippen molar-refractivity contribution in [2.24, 2.45) is 0 Å². The number of hydrogen-bond acceptors (Lipinski definition) is 4. The van der Waals surface area contributed by atoms with Gasteiger partial charge in [-0.2, -0.15) is 5.10 Å². The van der Waals surface area contributed by atoms with E-state index in [0.717, 1.165) is 48.0 Å². The molecule has 1 aromatic carbocycles. The molecule has 31 heavy (non-hydrogen) atoms. The van der Waals surface area contributed by atoms with E-state index in [1.807, 2.05) is 35.4 Å². The van der Waals surface area contributed by atoms with Crippen molar-refractivity contribution in [3.8, 4) is 0 Å². The third kappa shape index (κ3) is 3.73. The third-order valence-electron chi connectivity index (χ3n) is 6.37. The molecular weight excluding hydrogens is 394 g/mol. The Morgan fingerprint density at radius 1 is 1.23 bits per heavy atom. The Morgan fingerprint density at radius 2 is 2.13 bits per heavy atom. The summed E-state index contributed by atoms with van der Waals surface area (Å²) in [5.74, 6) is 0.139. The molecule has 5 rings (SSSR count). The highest BCUT2D eigenvalue weighted by Gasteiger charge is 2.24. The molecule has 1 unspecified atom stereocenters. The van der Waals surface area contributed by atoms with Crippen molar-refractivity contribution < 1.29 is 14.4 Å². The van der Waals surface area contributed by atoms with Crippen LogP contribution in [-0.2, 0) is 29.0 Å². The van der Waals surface area contributed by atoms with Crippen molar-refractivity contribution in [1.82, 2.24) is 24.6 Å². The van der Waals surface area contributed by atoms with Crippen molar-refractivity contribution in [1.29, 1.82) is 0 Å². The minimum absolute atomic E-state index is 0.0165. The number of likely N-dealkylation sites (tertiary alicyclic amines) is 1. The van der Waals surface area contributed by atoms with Gasteiger partial charge in [-0.1, -0.05) is 6.07 Å². The Hall–Kier alpha value is -3.42. The van der Waals surface area contributed by atoms with Crippen LogP contribution in [0.5, 0.6) is 0 Å². The van der Waals surface area contributed by atoms with Crippen molar-refractivity contribution in [2.75, 3.05) is 13.1 Å². The molecule has 0 spiro atoms. The van der Waals surface area contributed by atoms with E-state index in [1.165, 1.54) is 4.68 Å². The summed E-state index contributed by atoms with van der Waals surface area (Å²) in [4.78, 5) is 37.8. The molecule has 8 heteroatoms. The molecule has 1 atom stereocenters. The van der Waals surface area contributed by atoms with E-state index in [4.69, 9.17) is 0 Å². The first kappa shape index (κ1) is 19.5. The summed E-state index contributed by atoms with van der Waals surface area (Å²) in [6, 6.07) is 7.76. The van der Waals surface area contributed by atoms with Gasteiger partial charge in [0.1, 0.15) is 0 Å². The maximum Gasteiger partial charge on any atom is 0.252 e. The van der Waals surface area contributed by atoms with Gasteiger partial charge in [0.2, 0.25) is 12.3 Å². The number of benzene rings is 1. The van der Waals surface area contributed by atoms with Crippen LogP contribution in [0.25, 0.3) is 10.9 Å². The van der Waals surface area contributed by atoms with Crippen LogP contribution < -0.4 is 5.32 Å². The summed E-state index contributed by atoms with van der Waals surface area (Å²) in [6.45, 7) is 2.24. The standard InChI is InChI=1S/C23H25N5O3/c29-15-28-14-16-13-17(6-7-20(16)25-28)24-23(31)19-3-1-4-21-18(19)8-10-26(21)11-12-27-9-2-5-22(27)30/h1,3-4,8,10,14-15,17H,2,5-7,9,11-13H2,(H,24,31). The first-order chi connectivity index (χ1) is 15.1. The summed E-state index contributed by atoms with van der Waals surface area (Å²) in [5, 5.41) is 8.32. The smallest absolute Gasteiger partial charge is 0.252 e. The van der Waals surface area contributed by atoms with Gasteiger partial charge in [-0.15, -0.1) is 0 Å². The van der Waals surface area contributed by atoms with Gasteiger partial charge < -0.3 is 14.8 Å². The number of aryl methyl sites for hydroxylation is 1. The number of aromatic nitrogens is 3. The second kappa shape index (κ2) is 8.02. The number of rotatable bonds is 6. The van der Waals surface area contributed by atoms with E-state index in [-0.39, 0.29) is 17.9 Å². The van der Waals surface area contributed by atoms with E-state index in [0.29, 0.717) is 37.9 Å². The lowest BCUT2D eigenvalue weighted by atomic mass is 9.93. The van der Waals surface area contributed by atoms with Crippen molar-refractivity contribution in [3.05, 3.63) is 53.5 Å². The number of fused-ring (bicyclic) bond motifs is 2. The van der Waals surface area contributed by atoms with Gasteiger partial charge in [-0.05, 0) is 49.4 Å². The molecule has 0 radical (unpaired) electrons. The lowest BCUT2D eigenvalue weighted by molar-refractivity contribution is -0.127. The monoisotopic (exact) mass is 419 g/mol. The molecule has 1 fully saturated rings. The van der Waals surface area contributed by atoms with Gasteiger partial charge >= 0.3 is 0 Å². The van der Waals surface area contributed by atoms with Crippen molar-refractivity contribution >= 4 is 29.1 Å². The second-order valence-corrected chi connectivity index (χ2v) is 8.33. The Labute approximate surface area is 179 Å². The first-order valence-electron chi connectivity index (χ1n) is 10.8. The molecule has 0 bridgehead atoms. The van der Waals surface area contributed by atoms with E-state index in [2.05, 4.69) is 15.0 Å². The van der Waals surface area contributed by atoms with Gasteiger partial charge in [0.15, 0.2) is 0 Å². The fourth-order valence-corrected chi connectivity index (χ4v) is 4.75. The summed E-state index contributed by atoms with van der Waals surface area (Å²) in [7, 11) is 0. The number of nitrogens with zero attached hydrogens (tertiary/aromatic N) is 4. The minimum Gasteiger partial charge on any atom is -0.349 e. The number of carbonyl (C=O) groups is 3. The largest absolute Gasteiger partial charge is 0.349 e. The molecule has 1 saturated heterocycles. The molecule has 2 aromatic heterocycles. The Kier molecular flexibility index (Phi) is 5.05. The van der Waals surface area contributed by atoms with Crippen LogP contribution in [0.2, 0.25) is 0 Å². The van der Waals surface area contributed by atoms with E-state index in [1.54, 1.807) is 6.20 Å². The Bertz CT molecular complexity index is 1160. The average Bonchev–Trinajstić information content (AvgIpc) is 3.49. The summed E-state index contributed by atoms with van der Waals surface area (Å²) in [5.41, 5.74) is 3.61. The predicted octanol–water partition coefficient (Wildman–Crippen LogP) is 1.79. The number of amides is 2. The van der Waals surface area contributed by atoms with Crippen LogP contribution in [0.15, 0.2) is 36.7 Å². The molecule has 2 amide bonds. The predicted molar refractivity (Wildman–Crippen MR) is 115 cm³/mol. The summed E-state index contributed by atoms with van der Waals surface area (Å²) in [6.07, 6.45) is 8.23. The lowest BCUT2D eigenvalue weighted by Crippen LogP contribution is -2.38. The Balaban J connectivity index is 1.29. The minimum atomic E-state index is -0.0886. The number of hydrogen-bond donors (Lipinski definition) is 1. The van der Waals surface area contributed by atoms with Gasteiger partial charge in [0.05, 0.1) is 5.69 Å². The van der Waals surface area contributed by atoms with Crippen LogP contribution in [0.3, 0.4) is 0 Å². The fraction of sp³-hybridized carbons (Fsp3) is 0.391. The van der Waals surface area contributed by atoms with Crippen molar-refractivity contribution in [2.45, 2.75) is 44.7 Å². The molecule has 8 nitrogen and oxygen atoms in total. The quantitative estimate of drug-likeness (QED) is 0.617. The maximum atomic E-state index is 13.1. The van der Waals surface area contributed by atoms with Crippen LogP contribution in [-0.4, -0.2) is 56.6 Å². The topological polar surface area (TPSA) is 89.2 Å².